The molecule has 2 rings (SSSR count). The second-order valence-corrected chi connectivity index (χ2v) is 5.34. The smallest absolute Gasteiger partial charge is 0.300 e. The van der Waals surface area contributed by atoms with Crippen LogP contribution in [0.5, 0.6) is 17.2 Å². The van der Waals surface area contributed by atoms with Gasteiger partial charge < -0.3 is 30.6 Å². The first kappa shape index (κ1) is 26.0. The second kappa shape index (κ2) is 12.2. The Balaban J connectivity index is 0. The number of halogens is 1. The van der Waals surface area contributed by atoms with Gasteiger partial charge in [-0.15, -0.1) is 0 Å². The molecule has 27 heavy (non-hydrogen) atoms. The zero-order valence-corrected chi connectivity index (χ0v) is 15.8. The molecule has 0 radical (unpaired) electrons. The van der Waals surface area contributed by atoms with Crippen molar-refractivity contribution in [1.82, 2.24) is 0 Å². The van der Waals surface area contributed by atoms with E-state index in [2.05, 4.69) is 0 Å². The first-order valence-corrected chi connectivity index (χ1v) is 7.51. The molecule has 0 amide bonds. The summed E-state index contributed by atoms with van der Waals surface area (Å²) in [5.74, 6) is -2.73. The van der Waals surface area contributed by atoms with Crippen molar-refractivity contribution in [3.63, 3.8) is 0 Å². The molecule has 9 nitrogen and oxygen atoms in total. The molecule has 0 aliphatic carbocycles. The van der Waals surface area contributed by atoms with E-state index in [-0.39, 0.29) is 33.0 Å². The number of benzene rings is 2. The van der Waals surface area contributed by atoms with Crippen molar-refractivity contribution in [2.75, 3.05) is 0 Å². The molecule has 0 spiro atoms. The summed E-state index contributed by atoms with van der Waals surface area (Å²) < 4.78 is 0. The van der Waals surface area contributed by atoms with Crippen LogP contribution >= 0.6 is 11.6 Å². The summed E-state index contributed by atoms with van der Waals surface area (Å²) in [5, 5.41) is 52.0. The van der Waals surface area contributed by atoms with Crippen molar-refractivity contribution in [3.05, 3.63) is 28.8 Å². The van der Waals surface area contributed by atoms with Gasteiger partial charge in [0.15, 0.2) is 0 Å². The van der Waals surface area contributed by atoms with Gasteiger partial charge >= 0.3 is 0 Å². The molecule has 2 aromatic rings. The molecule has 0 unspecified atom stereocenters. The molecule has 150 valence electrons. The highest BCUT2D eigenvalue weighted by molar-refractivity contribution is 6.36. The minimum atomic E-state index is -0.833. The van der Waals surface area contributed by atoms with Crippen LogP contribution in [0.2, 0.25) is 5.02 Å². The number of aryl methyl sites for hydroxylation is 1. The van der Waals surface area contributed by atoms with Crippen LogP contribution in [-0.4, -0.2) is 48.5 Å². The van der Waals surface area contributed by atoms with Crippen molar-refractivity contribution in [2.24, 2.45) is 0 Å². The number of carbonyl (C=O) groups is 3. The van der Waals surface area contributed by atoms with Crippen LogP contribution in [0.1, 0.15) is 26.3 Å². The minimum absolute atomic E-state index is 0.0544. The molecule has 0 heterocycles. The zero-order chi connectivity index (χ0) is 21.9. The van der Waals surface area contributed by atoms with Gasteiger partial charge in [0.1, 0.15) is 17.2 Å². The second-order valence-electron chi connectivity index (χ2n) is 4.93. The number of hydrogen-bond acceptors (Lipinski definition) is 6. The molecule has 0 atom stereocenters. The molecule has 0 fully saturated rings. The average Bonchev–Trinajstić information content (AvgIpc) is 2.45. The Morgan fingerprint density at radius 3 is 1.52 bits per heavy atom. The number of carboxylic acids is 3. The van der Waals surface area contributed by atoms with Gasteiger partial charge in [0, 0.05) is 26.2 Å². The normalized spacial score (nSPS) is 8.78. The number of phenolic OH excluding ortho intramolecular Hbond substituents is 3. The number of phenols is 3. The largest absolute Gasteiger partial charge is 0.507 e. The first-order valence-electron chi connectivity index (χ1n) is 7.13. The number of carboxylic acid groups (broad SMARTS) is 3. The maximum absolute atomic E-state index is 9.76. The summed E-state index contributed by atoms with van der Waals surface area (Å²) in [6.45, 7) is 4.88. The van der Waals surface area contributed by atoms with Gasteiger partial charge in [-0.1, -0.05) is 11.6 Å². The van der Waals surface area contributed by atoms with Gasteiger partial charge in [-0.05, 0) is 30.7 Å². The van der Waals surface area contributed by atoms with Gasteiger partial charge in [-0.2, -0.15) is 0 Å². The number of fused-ring (bicyclic) bond motifs is 1. The van der Waals surface area contributed by atoms with Crippen LogP contribution in [0.4, 0.5) is 0 Å². The highest BCUT2D eigenvalue weighted by Crippen LogP contribution is 2.43. The monoisotopic (exact) mass is 404 g/mol. The van der Waals surface area contributed by atoms with Crippen LogP contribution in [0, 0.1) is 6.92 Å². The Kier molecular flexibility index (Phi) is 11.8. The predicted molar refractivity (Wildman–Crippen MR) is 98.6 cm³/mol. The third kappa shape index (κ3) is 11.1. The topological polar surface area (TPSA) is 173 Å². The molecular weight excluding hydrogens is 384 g/mol. The third-order valence-electron chi connectivity index (χ3n) is 2.35. The Hall–Kier alpha value is -3.20. The van der Waals surface area contributed by atoms with E-state index in [4.69, 9.17) is 41.3 Å². The van der Waals surface area contributed by atoms with E-state index in [1.54, 1.807) is 6.92 Å². The molecular formula is C17H21ClO9. The molecule has 6 N–H and O–H groups in total. The van der Waals surface area contributed by atoms with Crippen LogP contribution < -0.4 is 0 Å². The lowest BCUT2D eigenvalue weighted by molar-refractivity contribution is -0.135. The standard InChI is InChI=1S/C11H9ClO3.3C2H4O2/c1-5-4-8(14)9-6(12)2-3-7(13)10(9)11(5)15;3*1-2(3)4/h2-4,13-15H,1H3;3*1H3,(H,3,4). The summed E-state index contributed by atoms with van der Waals surface area (Å²) >= 11 is 5.88. The maximum Gasteiger partial charge on any atom is 0.300 e. The Morgan fingerprint density at radius 2 is 1.15 bits per heavy atom. The molecule has 2 aromatic carbocycles. The average molecular weight is 405 g/mol. The minimum Gasteiger partial charge on any atom is -0.507 e. The quantitative estimate of drug-likeness (QED) is 0.360. The molecule has 0 saturated carbocycles. The van der Waals surface area contributed by atoms with E-state index >= 15 is 0 Å². The van der Waals surface area contributed by atoms with Gasteiger partial charge in [-0.25, -0.2) is 0 Å². The molecule has 0 saturated heterocycles. The van der Waals surface area contributed by atoms with Gasteiger partial charge in [0.2, 0.25) is 0 Å². The summed E-state index contributed by atoms with van der Waals surface area (Å²) in [5.41, 5.74) is 0.484. The van der Waals surface area contributed by atoms with E-state index in [1.165, 1.54) is 18.2 Å². The van der Waals surface area contributed by atoms with Gasteiger partial charge in [-0.3, -0.25) is 14.4 Å². The number of aromatic hydroxyl groups is 3. The fourth-order valence-corrected chi connectivity index (χ4v) is 1.85. The SMILES string of the molecule is CC(=O)O.CC(=O)O.CC(=O)O.Cc1cc(O)c2c(Cl)ccc(O)c2c1O. The molecule has 0 aliphatic rings. The summed E-state index contributed by atoms with van der Waals surface area (Å²) in [4.78, 5) is 27.0. The van der Waals surface area contributed by atoms with E-state index in [0.29, 0.717) is 5.56 Å². The van der Waals surface area contributed by atoms with Crippen LogP contribution in [0.3, 0.4) is 0 Å². The van der Waals surface area contributed by atoms with E-state index < -0.39 is 17.9 Å². The Bertz CT molecular complexity index is 775. The van der Waals surface area contributed by atoms with Crippen molar-refractivity contribution >= 4 is 40.3 Å². The maximum atomic E-state index is 9.76. The third-order valence-corrected chi connectivity index (χ3v) is 2.67. The highest BCUT2D eigenvalue weighted by Gasteiger charge is 2.14. The van der Waals surface area contributed by atoms with Gasteiger partial charge in [0.05, 0.1) is 10.4 Å². The van der Waals surface area contributed by atoms with Crippen molar-refractivity contribution in [1.29, 1.82) is 0 Å². The number of hydrogen-bond donors (Lipinski definition) is 6. The summed E-state index contributed by atoms with van der Waals surface area (Å²) in [6, 6.07) is 4.25. The Labute approximate surface area is 159 Å². The fourth-order valence-electron chi connectivity index (χ4n) is 1.60. The number of aliphatic carboxylic acids is 3. The molecule has 0 aliphatic heterocycles. The summed E-state index contributed by atoms with van der Waals surface area (Å²) in [6.07, 6.45) is 0. The van der Waals surface area contributed by atoms with E-state index in [9.17, 15) is 15.3 Å². The van der Waals surface area contributed by atoms with Crippen LogP contribution in [-0.2, 0) is 14.4 Å². The number of rotatable bonds is 0. The fraction of sp³-hybridized carbons (Fsp3) is 0.235. The lowest BCUT2D eigenvalue weighted by Crippen LogP contribution is -1.82. The summed E-state index contributed by atoms with van der Waals surface area (Å²) in [7, 11) is 0. The zero-order valence-electron chi connectivity index (χ0n) is 15.0. The van der Waals surface area contributed by atoms with E-state index in [0.717, 1.165) is 20.8 Å². The molecule has 0 aromatic heterocycles. The first-order chi connectivity index (χ1) is 12.2. The lowest BCUT2D eigenvalue weighted by atomic mass is 10.0. The molecule has 0 bridgehead atoms. The Morgan fingerprint density at radius 1 is 0.778 bits per heavy atom. The van der Waals surface area contributed by atoms with Crippen molar-refractivity contribution in [2.45, 2.75) is 27.7 Å². The molecule has 10 heteroatoms. The van der Waals surface area contributed by atoms with Crippen molar-refractivity contribution in [3.8, 4) is 17.2 Å². The lowest BCUT2D eigenvalue weighted by Gasteiger charge is -2.09. The van der Waals surface area contributed by atoms with Gasteiger partial charge in [0.25, 0.3) is 17.9 Å². The van der Waals surface area contributed by atoms with Crippen LogP contribution in [0.15, 0.2) is 18.2 Å². The predicted octanol–water partition coefficient (Wildman–Crippen LogP) is 3.19. The van der Waals surface area contributed by atoms with Crippen LogP contribution in [0.25, 0.3) is 10.8 Å². The van der Waals surface area contributed by atoms with E-state index in [1.807, 2.05) is 0 Å². The highest BCUT2D eigenvalue weighted by atomic mass is 35.5. The van der Waals surface area contributed by atoms with Crippen molar-refractivity contribution < 1.29 is 45.0 Å².